The number of benzene rings is 2. The largest absolute Gasteiger partial charge is 0.416 e. The minimum atomic E-state index is -4.41. The van der Waals surface area contributed by atoms with Gasteiger partial charge in [-0.2, -0.15) is 13.2 Å². The van der Waals surface area contributed by atoms with Crippen LogP contribution in [0, 0.1) is 0 Å². The maximum absolute atomic E-state index is 12.5. The smallest absolute Gasteiger partial charge is 0.359 e. The Balaban J connectivity index is 1.83. The average molecular weight is 304 g/mol. The summed E-state index contributed by atoms with van der Waals surface area (Å²) in [5, 5.41) is 3.52. The molecule has 6 heteroatoms. The van der Waals surface area contributed by atoms with Gasteiger partial charge in [-0.3, -0.25) is 4.79 Å². The molecule has 0 atom stereocenters. The van der Waals surface area contributed by atoms with Gasteiger partial charge in [0.05, 0.1) is 11.3 Å². The van der Waals surface area contributed by atoms with Gasteiger partial charge in [0.25, 0.3) is 5.91 Å². The van der Waals surface area contributed by atoms with Crippen LogP contribution in [0.5, 0.6) is 0 Å². The number of alkyl halides is 3. The SMILES string of the molecule is O=C(Nc1c[nH]c2ccccc12)c1ccc(C(F)(F)F)cc1. The van der Waals surface area contributed by atoms with Crippen molar-refractivity contribution < 1.29 is 18.0 Å². The maximum atomic E-state index is 12.5. The van der Waals surface area contributed by atoms with Crippen molar-refractivity contribution in [3.05, 3.63) is 65.9 Å². The zero-order chi connectivity index (χ0) is 15.7. The van der Waals surface area contributed by atoms with Gasteiger partial charge in [-0.05, 0) is 30.3 Å². The number of amides is 1. The highest BCUT2D eigenvalue weighted by Gasteiger charge is 2.30. The first kappa shape index (κ1) is 14.2. The lowest BCUT2D eigenvalue weighted by atomic mass is 10.1. The number of anilines is 1. The van der Waals surface area contributed by atoms with Crippen molar-refractivity contribution in [2.75, 3.05) is 5.32 Å². The van der Waals surface area contributed by atoms with Crippen molar-refractivity contribution >= 4 is 22.5 Å². The molecule has 0 aliphatic carbocycles. The number of para-hydroxylation sites is 1. The molecule has 22 heavy (non-hydrogen) atoms. The second kappa shape index (κ2) is 5.22. The molecule has 1 heterocycles. The van der Waals surface area contributed by atoms with Crippen LogP contribution >= 0.6 is 0 Å². The predicted molar refractivity (Wildman–Crippen MR) is 77.7 cm³/mol. The molecule has 0 fully saturated rings. The molecular weight excluding hydrogens is 293 g/mol. The molecule has 3 nitrogen and oxygen atoms in total. The average Bonchev–Trinajstić information content (AvgIpc) is 2.90. The summed E-state index contributed by atoms with van der Waals surface area (Å²) in [5.74, 6) is -0.460. The van der Waals surface area contributed by atoms with Gasteiger partial charge in [-0.15, -0.1) is 0 Å². The first-order valence-corrected chi connectivity index (χ1v) is 6.50. The molecule has 0 saturated carbocycles. The van der Waals surface area contributed by atoms with E-state index in [1.807, 2.05) is 24.3 Å². The number of hydrogen-bond donors (Lipinski definition) is 2. The van der Waals surface area contributed by atoms with Gasteiger partial charge in [0.15, 0.2) is 0 Å². The van der Waals surface area contributed by atoms with Gasteiger partial charge in [0, 0.05) is 22.7 Å². The summed E-state index contributed by atoms with van der Waals surface area (Å²) < 4.78 is 37.5. The summed E-state index contributed by atoms with van der Waals surface area (Å²) in [6, 6.07) is 11.5. The summed E-state index contributed by atoms with van der Waals surface area (Å²) in [5.41, 5.74) is 0.833. The molecule has 0 spiro atoms. The van der Waals surface area contributed by atoms with Crippen molar-refractivity contribution in [3.8, 4) is 0 Å². The lowest BCUT2D eigenvalue weighted by molar-refractivity contribution is -0.137. The molecule has 0 radical (unpaired) electrons. The number of fused-ring (bicyclic) bond motifs is 1. The third-order valence-electron chi connectivity index (χ3n) is 3.31. The summed E-state index contributed by atoms with van der Waals surface area (Å²) in [6.07, 6.45) is -2.77. The van der Waals surface area contributed by atoms with Gasteiger partial charge in [-0.1, -0.05) is 18.2 Å². The number of aromatic nitrogens is 1. The Kier molecular flexibility index (Phi) is 3.36. The lowest BCUT2D eigenvalue weighted by Crippen LogP contribution is -2.12. The van der Waals surface area contributed by atoms with Crippen LogP contribution in [0.2, 0.25) is 0 Å². The molecular formula is C16H11F3N2O. The van der Waals surface area contributed by atoms with E-state index in [-0.39, 0.29) is 5.56 Å². The molecule has 2 N–H and O–H groups in total. The Hall–Kier alpha value is -2.76. The van der Waals surface area contributed by atoms with E-state index in [1.165, 1.54) is 0 Å². The lowest BCUT2D eigenvalue weighted by Gasteiger charge is -2.08. The number of rotatable bonds is 2. The topological polar surface area (TPSA) is 44.9 Å². The molecule has 3 aromatic rings. The van der Waals surface area contributed by atoms with Crippen LogP contribution in [-0.4, -0.2) is 10.9 Å². The van der Waals surface area contributed by atoms with E-state index in [2.05, 4.69) is 10.3 Å². The van der Waals surface area contributed by atoms with E-state index >= 15 is 0 Å². The van der Waals surface area contributed by atoms with Crippen LogP contribution in [0.25, 0.3) is 10.9 Å². The third kappa shape index (κ3) is 2.67. The van der Waals surface area contributed by atoms with Crippen molar-refractivity contribution in [1.82, 2.24) is 4.98 Å². The number of hydrogen-bond acceptors (Lipinski definition) is 1. The molecule has 0 unspecified atom stereocenters. The number of aromatic amines is 1. The van der Waals surface area contributed by atoms with Crippen molar-refractivity contribution in [2.45, 2.75) is 6.18 Å². The van der Waals surface area contributed by atoms with Crippen LogP contribution in [0.4, 0.5) is 18.9 Å². The van der Waals surface area contributed by atoms with E-state index < -0.39 is 17.6 Å². The van der Waals surface area contributed by atoms with E-state index in [0.717, 1.165) is 35.2 Å². The van der Waals surface area contributed by atoms with E-state index in [0.29, 0.717) is 5.69 Å². The monoisotopic (exact) mass is 304 g/mol. The summed E-state index contributed by atoms with van der Waals surface area (Å²) >= 11 is 0. The van der Waals surface area contributed by atoms with E-state index in [4.69, 9.17) is 0 Å². The summed E-state index contributed by atoms with van der Waals surface area (Å²) in [7, 11) is 0. The number of halogens is 3. The maximum Gasteiger partial charge on any atom is 0.416 e. The molecule has 1 amide bonds. The zero-order valence-electron chi connectivity index (χ0n) is 11.2. The van der Waals surface area contributed by atoms with Crippen LogP contribution < -0.4 is 5.32 Å². The van der Waals surface area contributed by atoms with Gasteiger partial charge in [-0.25, -0.2) is 0 Å². The molecule has 112 valence electrons. The van der Waals surface area contributed by atoms with Crippen LogP contribution in [-0.2, 0) is 6.18 Å². The van der Waals surface area contributed by atoms with Crippen LogP contribution in [0.1, 0.15) is 15.9 Å². The highest BCUT2D eigenvalue weighted by Crippen LogP contribution is 2.29. The highest BCUT2D eigenvalue weighted by molar-refractivity contribution is 6.08. The number of nitrogens with one attached hydrogen (secondary N) is 2. The third-order valence-corrected chi connectivity index (χ3v) is 3.31. The van der Waals surface area contributed by atoms with Crippen molar-refractivity contribution in [1.29, 1.82) is 0 Å². The fourth-order valence-electron chi connectivity index (χ4n) is 2.18. The Bertz CT molecular complexity index is 819. The normalized spacial score (nSPS) is 11.6. The van der Waals surface area contributed by atoms with Gasteiger partial charge >= 0.3 is 6.18 Å². The Morgan fingerprint density at radius 2 is 1.68 bits per heavy atom. The highest BCUT2D eigenvalue weighted by atomic mass is 19.4. The number of carbonyl (C=O) groups is 1. The molecule has 2 aromatic carbocycles. The second-order valence-electron chi connectivity index (χ2n) is 4.78. The first-order valence-electron chi connectivity index (χ1n) is 6.50. The molecule has 0 aliphatic heterocycles. The Morgan fingerprint density at radius 3 is 2.36 bits per heavy atom. The predicted octanol–water partition coefficient (Wildman–Crippen LogP) is 4.44. The standard InChI is InChI=1S/C16H11F3N2O/c17-16(18,19)11-7-5-10(6-8-11)15(22)21-14-9-20-13-4-2-1-3-12(13)14/h1-9,20H,(H,21,22). The minimum absolute atomic E-state index is 0.165. The van der Waals surface area contributed by atoms with Crippen molar-refractivity contribution in [2.24, 2.45) is 0 Å². The number of H-pyrrole nitrogens is 1. The molecule has 0 aliphatic rings. The fourth-order valence-corrected chi connectivity index (χ4v) is 2.18. The van der Waals surface area contributed by atoms with Gasteiger partial charge < -0.3 is 10.3 Å². The quantitative estimate of drug-likeness (QED) is 0.722. The molecule has 3 rings (SSSR count). The van der Waals surface area contributed by atoms with Crippen LogP contribution in [0.15, 0.2) is 54.7 Å². The van der Waals surface area contributed by atoms with E-state index in [1.54, 1.807) is 6.20 Å². The van der Waals surface area contributed by atoms with Crippen LogP contribution in [0.3, 0.4) is 0 Å². The molecule has 0 bridgehead atoms. The van der Waals surface area contributed by atoms with Gasteiger partial charge in [0.2, 0.25) is 0 Å². The van der Waals surface area contributed by atoms with E-state index in [9.17, 15) is 18.0 Å². The minimum Gasteiger partial charge on any atom is -0.359 e. The second-order valence-corrected chi connectivity index (χ2v) is 4.78. The number of carbonyl (C=O) groups excluding carboxylic acids is 1. The summed E-state index contributed by atoms with van der Waals surface area (Å²) in [4.78, 5) is 15.1. The van der Waals surface area contributed by atoms with Gasteiger partial charge in [0.1, 0.15) is 0 Å². The fraction of sp³-hybridized carbons (Fsp3) is 0.0625. The zero-order valence-corrected chi connectivity index (χ0v) is 11.2. The summed E-state index contributed by atoms with van der Waals surface area (Å²) in [6.45, 7) is 0. The van der Waals surface area contributed by atoms with Crippen molar-refractivity contribution in [3.63, 3.8) is 0 Å². The molecule has 0 saturated heterocycles. The first-order chi connectivity index (χ1) is 10.4. The Labute approximate surface area is 123 Å². The Morgan fingerprint density at radius 1 is 1.00 bits per heavy atom. The molecule has 1 aromatic heterocycles.